The van der Waals surface area contributed by atoms with E-state index < -0.39 is 11.6 Å². The Kier molecular flexibility index (Phi) is 10.4. The van der Waals surface area contributed by atoms with Crippen LogP contribution in [-0.4, -0.2) is 28.3 Å². The van der Waals surface area contributed by atoms with E-state index in [2.05, 4.69) is 4.98 Å². The Morgan fingerprint density at radius 2 is 1.48 bits per heavy atom. The van der Waals surface area contributed by atoms with Crippen LogP contribution in [0.25, 0.3) is 11.1 Å². The lowest BCUT2D eigenvalue weighted by molar-refractivity contribution is -0.152. The molecule has 0 atom stereocenters. The fraction of sp³-hybridized carbons (Fsp3) is 0.200. The van der Waals surface area contributed by atoms with E-state index in [1.54, 1.807) is 12.1 Å². The molecule has 0 saturated heterocycles. The van der Waals surface area contributed by atoms with E-state index in [0.29, 0.717) is 35.8 Å². The Hall–Kier alpha value is -5.04. The number of carboxylic acids is 1. The van der Waals surface area contributed by atoms with Crippen LogP contribution >= 0.6 is 0 Å². The lowest BCUT2D eigenvalue weighted by atomic mass is 10.0. The van der Waals surface area contributed by atoms with Crippen molar-refractivity contribution in [3.63, 3.8) is 0 Å². The third-order valence-electron chi connectivity index (χ3n) is 6.39. The summed E-state index contributed by atoms with van der Waals surface area (Å²) in [5.74, 6) is 1.45. The van der Waals surface area contributed by atoms with Gasteiger partial charge in [-0.25, -0.2) is 9.78 Å². The molecule has 0 amide bonds. The first kappa shape index (κ1) is 29.9. The van der Waals surface area contributed by atoms with Crippen molar-refractivity contribution in [1.82, 2.24) is 4.98 Å². The molecule has 1 aromatic heterocycles. The summed E-state index contributed by atoms with van der Waals surface area (Å²) in [6.07, 6.45) is 2.02. The molecule has 0 radical (unpaired) electrons. The van der Waals surface area contributed by atoms with E-state index in [9.17, 15) is 9.90 Å². The molecule has 0 aliphatic carbocycles. The van der Waals surface area contributed by atoms with E-state index in [-0.39, 0.29) is 6.61 Å². The second-order valence-electron chi connectivity index (χ2n) is 9.95. The van der Waals surface area contributed by atoms with Gasteiger partial charge >= 0.3 is 5.97 Å². The number of rotatable bonds is 11. The number of ether oxygens (including phenoxy) is 3. The highest BCUT2D eigenvalue weighted by molar-refractivity contribution is 5.77. The number of aryl methyl sites for hydroxylation is 1. The maximum Gasteiger partial charge on any atom is 0.347 e. The number of carbonyl (C=O) groups is 1. The number of hydrogen-bond donors (Lipinski definition) is 1. The van der Waals surface area contributed by atoms with Crippen LogP contribution < -0.4 is 14.2 Å². The van der Waals surface area contributed by atoms with Crippen LogP contribution in [0.1, 0.15) is 30.9 Å². The van der Waals surface area contributed by atoms with Gasteiger partial charge in [0.25, 0.3) is 0 Å². The van der Waals surface area contributed by atoms with Gasteiger partial charge in [-0.2, -0.15) is 0 Å². The van der Waals surface area contributed by atoms with Gasteiger partial charge in [-0.1, -0.05) is 84.9 Å². The van der Waals surface area contributed by atoms with Gasteiger partial charge in [0.2, 0.25) is 0 Å². The first-order valence-electron chi connectivity index (χ1n) is 13.7. The van der Waals surface area contributed by atoms with Gasteiger partial charge in [0.05, 0.1) is 12.3 Å². The van der Waals surface area contributed by atoms with Gasteiger partial charge in [-0.05, 0) is 50.6 Å². The van der Waals surface area contributed by atoms with E-state index in [1.807, 2.05) is 104 Å². The molecule has 7 heteroatoms. The standard InChI is InChI=1S/C29H29NO6.C6H6/c1-20-25(30-19-35-20)15-16-33-23-13-14-26(36-29(2,3)28(31)32)22(17-23)18-34-27-12-8-7-11-24(27)21-9-5-4-6-10-21;1-2-4-6-5-3-1/h4-14,17,19H,15-16,18H2,1-3H3,(H,31,32);1-6H. The second kappa shape index (κ2) is 14.6. The molecule has 5 rings (SSSR count). The topological polar surface area (TPSA) is 91.0 Å². The highest BCUT2D eigenvalue weighted by Gasteiger charge is 2.30. The van der Waals surface area contributed by atoms with Crippen LogP contribution in [0.15, 0.2) is 120 Å². The summed E-state index contributed by atoms with van der Waals surface area (Å²) in [5.41, 5.74) is 2.10. The minimum Gasteiger partial charge on any atom is -0.493 e. The van der Waals surface area contributed by atoms with Gasteiger partial charge in [0, 0.05) is 17.5 Å². The normalized spacial score (nSPS) is 10.7. The van der Waals surface area contributed by atoms with Crippen molar-refractivity contribution < 1.29 is 28.5 Å². The summed E-state index contributed by atoms with van der Waals surface area (Å²) in [6.45, 7) is 5.45. The molecule has 0 unspecified atom stereocenters. The highest BCUT2D eigenvalue weighted by atomic mass is 16.5. The molecule has 0 bridgehead atoms. The van der Waals surface area contributed by atoms with Crippen LogP contribution in [0, 0.1) is 6.92 Å². The zero-order valence-corrected chi connectivity index (χ0v) is 24.0. The second-order valence-corrected chi connectivity index (χ2v) is 9.95. The van der Waals surface area contributed by atoms with E-state index >= 15 is 0 Å². The Morgan fingerprint density at radius 3 is 2.12 bits per heavy atom. The summed E-state index contributed by atoms with van der Waals surface area (Å²) in [4.78, 5) is 15.9. The largest absolute Gasteiger partial charge is 0.493 e. The molecule has 0 fully saturated rings. The smallest absolute Gasteiger partial charge is 0.347 e. The number of benzene rings is 4. The van der Waals surface area contributed by atoms with Crippen molar-refractivity contribution in [2.24, 2.45) is 0 Å². The molecular formula is C35H35NO6. The Balaban J connectivity index is 0.000000600. The quantitative estimate of drug-likeness (QED) is 0.175. The van der Waals surface area contributed by atoms with Gasteiger partial charge in [0.1, 0.15) is 29.6 Å². The third kappa shape index (κ3) is 8.48. The maximum atomic E-state index is 11.7. The lowest BCUT2D eigenvalue weighted by Gasteiger charge is -2.24. The highest BCUT2D eigenvalue weighted by Crippen LogP contribution is 2.33. The van der Waals surface area contributed by atoms with Gasteiger partial charge < -0.3 is 23.7 Å². The molecule has 0 aliphatic rings. The fourth-order valence-corrected chi connectivity index (χ4v) is 4.00. The first-order chi connectivity index (χ1) is 20.3. The Bertz CT molecular complexity index is 1520. The number of aromatic nitrogens is 1. The predicted octanol–water partition coefficient (Wildman–Crippen LogP) is 7.78. The summed E-state index contributed by atoms with van der Waals surface area (Å²) < 4.78 is 23.3. The molecule has 216 valence electrons. The maximum absolute atomic E-state index is 11.7. The molecule has 1 heterocycles. The summed E-state index contributed by atoms with van der Waals surface area (Å²) in [6, 6.07) is 35.0. The number of hydrogen-bond acceptors (Lipinski definition) is 6. The minimum absolute atomic E-state index is 0.161. The average molecular weight is 566 g/mol. The number of nitrogens with zero attached hydrogens (tertiary/aromatic N) is 1. The number of oxazole rings is 1. The SMILES string of the molecule is Cc1ocnc1CCOc1ccc(OC(C)(C)C(=O)O)c(COc2ccccc2-c2ccccc2)c1.c1ccccc1. The molecule has 0 aliphatic heterocycles. The number of carboxylic acid groups (broad SMARTS) is 1. The first-order valence-corrected chi connectivity index (χ1v) is 13.7. The van der Waals surface area contributed by atoms with E-state index in [1.165, 1.54) is 20.2 Å². The molecule has 5 aromatic rings. The van der Waals surface area contributed by atoms with Crippen molar-refractivity contribution in [2.75, 3.05) is 6.61 Å². The minimum atomic E-state index is -1.41. The van der Waals surface area contributed by atoms with Crippen LogP contribution in [-0.2, 0) is 17.8 Å². The molecule has 7 nitrogen and oxygen atoms in total. The summed E-state index contributed by atoms with van der Waals surface area (Å²) >= 11 is 0. The van der Waals surface area contributed by atoms with Crippen LogP contribution in [0.2, 0.25) is 0 Å². The summed E-state index contributed by atoms with van der Waals surface area (Å²) in [5, 5.41) is 9.55. The van der Waals surface area contributed by atoms with Gasteiger partial charge in [0.15, 0.2) is 12.0 Å². The Morgan fingerprint density at radius 1 is 0.833 bits per heavy atom. The average Bonchev–Trinajstić information content (AvgIpc) is 3.43. The molecule has 1 N–H and O–H groups in total. The predicted molar refractivity (Wildman–Crippen MR) is 162 cm³/mol. The Labute approximate surface area is 246 Å². The zero-order valence-electron chi connectivity index (χ0n) is 24.0. The monoisotopic (exact) mass is 565 g/mol. The lowest BCUT2D eigenvalue weighted by Crippen LogP contribution is -2.38. The molecule has 42 heavy (non-hydrogen) atoms. The van der Waals surface area contributed by atoms with Crippen LogP contribution in [0.5, 0.6) is 17.2 Å². The number of para-hydroxylation sites is 1. The number of aliphatic carboxylic acids is 1. The van der Waals surface area contributed by atoms with Gasteiger partial charge in [-0.15, -0.1) is 0 Å². The van der Waals surface area contributed by atoms with Crippen molar-refractivity contribution in [3.05, 3.63) is 133 Å². The van der Waals surface area contributed by atoms with Crippen molar-refractivity contribution >= 4 is 5.97 Å². The van der Waals surface area contributed by atoms with Crippen LogP contribution in [0.3, 0.4) is 0 Å². The van der Waals surface area contributed by atoms with Gasteiger partial charge in [-0.3, -0.25) is 0 Å². The van der Waals surface area contributed by atoms with Crippen LogP contribution in [0.4, 0.5) is 0 Å². The van der Waals surface area contributed by atoms with E-state index in [0.717, 1.165) is 22.6 Å². The van der Waals surface area contributed by atoms with Crippen molar-refractivity contribution in [1.29, 1.82) is 0 Å². The molecule has 0 saturated carbocycles. The molecule has 4 aromatic carbocycles. The third-order valence-corrected chi connectivity index (χ3v) is 6.39. The van der Waals surface area contributed by atoms with Crippen molar-refractivity contribution in [3.8, 4) is 28.4 Å². The fourth-order valence-electron chi connectivity index (χ4n) is 4.00. The molecule has 0 spiro atoms. The van der Waals surface area contributed by atoms with Crippen molar-refractivity contribution in [2.45, 2.75) is 39.4 Å². The summed E-state index contributed by atoms with van der Waals surface area (Å²) in [7, 11) is 0. The molecular weight excluding hydrogens is 530 g/mol. The van der Waals surface area contributed by atoms with E-state index in [4.69, 9.17) is 18.6 Å². The zero-order chi connectivity index (χ0) is 29.8.